The monoisotopic (exact) mass is 342 g/mol. The van der Waals surface area contributed by atoms with Crippen molar-refractivity contribution in [1.82, 2.24) is 5.43 Å². The van der Waals surface area contributed by atoms with E-state index < -0.39 is 0 Å². The van der Waals surface area contributed by atoms with Gasteiger partial charge in [-0.15, -0.1) is 6.42 Å². The summed E-state index contributed by atoms with van der Waals surface area (Å²) in [5, 5.41) is 6.14. The highest BCUT2D eigenvalue weighted by atomic mass is 16.5. The highest BCUT2D eigenvalue weighted by Crippen LogP contribution is 2.26. The van der Waals surface area contributed by atoms with Crippen molar-refractivity contribution < 1.29 is 9.53 Å². The van der Waals surface area contributed by atoms with E-state index in [0.29, 0.717) is 11.3 Å². The number of nitrogens with one attached hydrogen (secondary N) is 1. The Balaban J connectivity index is 1.89. The van der Waals surface area contributed by atoms with Crippen molar-refractivity contribution in [2.24, 2.45) is 5.10 Å². The maximum absolute atomic E-state index is 12.3. The number of hydrogen-bond donors (Lipinski definition) is 1. The third-order valence-corrected chi connectivity index (χ3v) is 3.99. The van der Waals surface area contributed by atoms with Crippen molar-refractivity contribution in [3.63, 3.8) is 0 Å². The van der Waals surface area contributed by atoms with E-state index in [1.807, 2.05) is 61.5 Å². The van der Waals surface area contributed by atoms with Gasteiger partial charge in [0.05, 0.1) is 6.21 Å². The SMILES string of the molecule is C#CCOc1ccc2ccccc2c1/C=N\NC(=O)c1ccccc1C. The van der Waals surface area contributed by atoms with Gasteiger partial charge in [-0.2, -0.15) is 5.10 Å². The van der Waals surface area contributed by atoms with E-state index in [0.717, 1.165) is 21.9 Å². The van der Waals surface area contributed by atoms with Crippen LogP contribution in [-0.4, -0.2) is 18.7 Å². The van der Waals surface area contributed by atoms with E-state index in [1.165, 1.54) is 0 Å². The second-order valence-corrected chi connectivity index (χ2v) is 5.71. The van der Waals surface area contributed by atoms with Gasteiger partial charge in [-0.1, -0.05) is 54.5 Å². The lowest BCUT2D eigenvalue weighted by Crippen LogP contribution is -2.18. The Bertz CT molecular complexity index is 1020. The quantitative estimate of drug-likeness (QED) is 0.434. The molecule has 0 aliphatic carbocycles. The molecule has 0 saturated carbocycles. The second-order valence-electron chi connectivity index (χ2n) is 5.71. The van der Waals surface area contributed by atoms with Gasteiger partial charge in [-0.25, -0.2) is 5.43 Å². The van der Waals surface area contributed by atoms with Gasteiger partial charge in [0.25, 0.3) is 5.91 Å². The summed E-state index contributed by atoms with van der Waals surface area (Å²) in [7, 11) is 0. The molecule has 0 fully saturated rings. The first kappa shape index (κ1) is 17.2. The highest BCUT2D eigenvalue weighted by molar-refractivity contribution is 6.03. The molecule has 0 aliphatic rings. The maximum atomic E-state index is 12.3. The van der Waals surface area contributed by atoms with Crippen molar-refractivity contribution in [3.8, 4) is 18.1 Å². The number of fused-ring (bicyclic) bond motifs is 1. The zero-order valence-electron chi connectivity index (χ0n) is 14.4. The van der Waals surface area contributed by atoms with Gasteiger partial charge < -0.3 is 4.74 Å². The van der Waals surface area contributed by atoms with Gasteiger partial charge in [0.1, 0.15) is 12.4 Å². The van der Waals surface area contributed by atoms with Crippen LogP contribution in [-0.2, 0) is 0 Å². The predicted octanol–water partition coefficient (Wildman–Crippen LogP) is 3.92. The molecule has 0 aromatic heterocycles. The fourth-order valence-corrected chi connectivity index (χ4v) is 2.70. The minimum atomic E-state index is -0.259. The van der Waals surface area contributed by atoms with Crippen LogP contribution in [0.25, 0.3) is 10.8 Å². The van der Waals surface area contributed by atoms with Crippen molar-refractivity contribution >= 4 is 22.9 Å². The Morgan fingerprint density at radius 1 is 1.15 bits per heavy atom. The smallest absolute Gasteiger partial charge is 0.271 e. The van der Waals surface area contributed by atoms with Gasteiger partial charge in [0.2, 0.25) is 0 Å². The first-order valence-electron chi connectivity index (χ1n) is 8.18. The van der Waals surface area contributed by atoms with Crippen LogP contribution >= 0.6 is 0 Å². The van der Waals surface area contributed by atoms with Crippen molar-refractivity contribution in [1.29, 1.82) is 0 Å². The van der Waals surface area contributed by atoms with E-state index in [2.05, 4.69) is 16.4 Å². The number of benzene rings is 3. The molecule has 3 rings (SSSR count). The molecule has 26 heavy (non-hydrogen) atoms. The molecule has 0 atom stereocenters. The lowest BCUT2D eigenvalue weighted by atomic mass is 10.0. The summed E-state index contributed by atoms with van der Waals surface area (Å²) in [6.07, 6.45) is 6.88. The third kappa shape index (κ3) is 3.73. The molecule has 128 valence electrons. The molecule has 0 unspecified atom stereocenters. The van der Waals surface area contributed by atoms with Crippen LogP contribution < -0.4 is 10.2 Å². The Kier molecular flexibility index (Phi) is 5.31. The molecule has 4 heteroatoms. The van der Waals surface area contributed by atoms with E-state index in [-0.39, 0.29) is 12.5 Å². The first-order chi connectivity index (χ1) is 12.7. The fraction of sp³-hybridized carbons (Fsp3) is 0.0909. The Labute approximate surface area is 152 Å². The number of terminal acetylenes is 1. The van der Waals surface area contributed by atoms with Crippen LogP contribution in [0.5, 0.6) is 5.75 Å². The number of rotatable bonds is 5. The number of carbonyl (C=O) groups excluding carboxylic acids is 1. The number of carbonyl (C=O) groups is 1. The van der Waals surface area contributed by atoms with Crippen LogP contribution in [0.2, 0.25) is 0 Å². The molecular formula is C22H18N2O2. The number of nitrogens with zero attached hydrogens (tertiary/aromatic N) is 1. The van der Waals surface area contributed by atoms with Crippen LogP contribution in [0.4, 0.5) is 0 Å². The summed E-state index contributed by atoms with van der Waals surface area (Å²) in [5.74, 6) is 2.82. The van der Waals surface area contributed by atoms with Gasteiger partial charge in [-0.3, -0.25) is 4.79 Å². The molecule has 1 N–H and O–H groups in total. The first-order valence-corrected chi connectivity index (χ1v) is 8.18. The molecule has 0 spiro atoms. The summed E-state index contributed by atoms with van der Waals surface area (Å²) in [4.78, 5) is 12.3. The molecule has 0 aliphatic heterocycles. The number of hydrogen-bond acceptors (Lipinski definition) is 3. The number of ether oxygens (including phenoxy) is 1. The van der Waals surface area contributed by atoms with Crippen molar-refractivity contribution in [2.75, 3.05) is 6.61 Å². The lowest BCUT2D eigenvalue weighted by molar-refractivity contribution is 0.0954. The van der Waals surface area contributed by atoms with E-state index >= 15 is 0 Å². The average Bonchev–Trinajstić information content (AvgIpc) is 2.67. The number of amides is 1. The van der Waals surface area contributed by atoms with E-state index in [9.17, 15) is 4.79 Å². The van der Waals surface area contributed by atoms with Crippen LogP contribution in [0.15, 0.2) is 65.8 Å². The van der Waals surface area contributed by atoms with Gasteiger partial charge in [0, 0.05) is 11.1 Å². The minimum absolute atomic E-state index is 0.161. The summed E-state index contributed by atoms with van der Waals surface area (Å²) in [5.41, 5.74) is 4.82. The zero-order valence-corrected chi connectivity index (χ0v) is 14.4. The average molecular weight is 342 g/mol. The molecule has 0 radical (unpaired) electrons. The van der Waals surface area contributed by atoms with E-state index in [1.54, 1.807) is 12.3 Å². The fourth-order valence-electron chi connectivity index (χ4n) is 2.70. The second kappa shape index (κ2) is 8.00. The van der Waals surface area contributed by atoms with Crippen LogP contribution in [0.3, 0.4) is 0 Å². The topological polar surface area (TPSA) is 50.7 Å². The Morgan fingerprint density at radius 2 is 1.92 bits per heavy atom. The van der Waals surface area contributed by atoms with Crippen molar-refractivity contribution in [2.45, 2.75) is 6.92 Å². The Hall–Kier alpha value is -3.58. The van der Waals surface area contributed by atoms with Crippen LogP contribution in [0.1, 0.15) is 21.5 Å². The third-order valence-electron chi connectivity index (χ3n) is 3.99. The lowest BCUT2D eigenvalue weighted by Gasteiger charge is -2.10. The summed E-state index contributed by atoms with van der Waals surface area (Å²) in [6, 6.07) is 19.1. The summed E-state index contributed by atoms with van der Waals surface area (Å²) >= 11 is 0. The zero-order chi connectivity index (χ0) is 18.4. The molecule has 3 aromatic rings. The molecule has 0 heterocycles. The number of aryl methyl sites for hydroxylation is 1. The molecule has 4 nitrogen and oxygen atoms in total. The summed E-state index contributed by atoms with van der Waals surface area (Å²) < 4.78 is 5.62. The normalized spacial score (nSPS) is 10.6. The summed E-state index contributed by atoms with van der Waals surface area (Å²) in [6.45, 7) is 2.05. The van der Waals surface area contributed by atoms with Gasteiger partial charge in [0.15, 0.2) is 0 Å². The number of hydrazone groups is 1. The molecule has 0 saturated heterocycles. The highest BCUT2D eigenvalue weighted by Gasteiger charge is 2.09. The molecule has 0 bridgehead atoms. The maximum Gasteiger partial charge on any atom is 0.271 e. The standard InChI is InChI=1S/C22H18N2O2/c1-3-14-26-21-13-12-17-9-5-7-11-19(17)20(21)15-23-24-22(25)18-10-6-4-8-16(18)2/h1,4-13,15H,14H2,2H3,(H,24,25)/b23-15-. The van der Waals surface area contributed by atoms with E-state index in [4.69, 9.17) is 11.2 Å². The van der Waals surface area contributed by atoms with Gasteiger partial charge >= 0.3 is 0 Å². The van der Waals surface area contributed by atoms with Gasteiger partial charge in [-0.05, 0) is 35.4 Å². The molecule has 3 aromatic carbocycles. The largest absolute Gasteiger partial charge is 0.480 e. The molecular weight excluding hydrogens is 324 g/mol. The predicted molar refractivity (Wildman–Crippen MR) is 105 cm³/mol. The van der Waals surface area contributed by atoms with Crippen LogP contribution in [0, 0.1) is 19.3 Å². The Morgan fingerprint density at radius 3 is 2.73 bits per heavy atom. The minimum Gasteiger partial charge on any atom is -0.480 e. The van der Waals surface area contributed by atoms with Crippen molar-refractivity contribution in [3.05, 3.63) is 77.4 Å². The molecule has 1 amide bonds.